The molecule has 1 aromatic heterocycles. The molecule has 2 saturated heterocycles. The van der Waals surface area contributed by atoms with E-state index in [4.69, 9.17) is 10.5 Å². The lowest BCUT2D eigenvalue weighted by atomic mass is 10.0. The largest absolute Gasteiger partial charge is 0.396 e. The first-order valence-corrected chi connectivity index (χ1v) is 6.40. The zero-order valence-electron chi connectivity index (χ0n) is 10.6. The fraction of sp³-hybridized carbons (Fsp3) is 0.750. The number of nitrogen functional groups attached to an aromatic ring is 1. The average molecular weight is 254 g/mol. The summed E-state index contributed by atoms with van der Waals surface area (Å²) in [6.45, 7) is 4.72. The maximum absolute atomic E-state index is 13.9. The molecular formula is C12H19FN4O. The number of hydrogen-bond acceptors (Lipinski definition) is 4. The van der Waals surface area contributed by atoms with Crippen LogP contribution in [0.1, 0.15) is 18.2 Å². The van der Waals surface area contributed by atoms with Crippen LogP contribution in [0, 0.1) is 6.92 Å². The van der Waals surface area contributed by atoms with Crippen molar-refractivity contribution in [1.29, 1.82) is 0 Å². The lowest BCUT2D eigenvalue weighted by Gasteiger charge is -2.43. The zero-order chi connectivity index (χ0) is 12.7. The summed E-state index contributed by atoms with van der Waals surface area (Å²) in [6.07, 6.45) is 1.37. The van der Waals surface area contributed by atoms with Crippen LogP contribution in [0.15, 0.2) is 6.20 Å². The van der Waals surface area contributed by atoms with Crippen molar-refractivity contribution in [2.45, 2.75) is 31.6 Å². The molecule has 2 N–H and O–H groups in total. The maximum Gasteiger partial charge on any atom is 0.115 e. The van der Waals surface area contributed by atoms with E-state index < -0.39 is 6.17 Å². The summed E-state index contributed by atoms with van der Waals surface area (Å²) in [4.78, 5) is 2.18. The number of aromatic nitrogens is 2. The van der Waals surface area contributed by atoms with Crippen LogP contribution >= 0.6 is 0 Å². The van der Waals surface area contributed by atoms with Crippen molar-refractivity contribution in [2.75, 3.05) is 32.0 Å². The molecule has 2 aliphatic heterocycles. The molecule has 0 aromatic carbocycles. The Morgan fingerprint density at radius 1 is 1.39 bits per heavy atom. The van der Waals surface area contributed by atoms with E-state index in [1.807, 2.05) is 11.6 Å². The van der Waals surface area contributed by atoms with Gasteiger partial charge < -0.3 is 10.5 Å². The fourth-order valence-corrected chi connectivity index (χ4v) is 2.76. The van der Waals surface area contributed by atoms with Crippen molar-refractivity contribution in [3.63, 3.8) is 0 Å². The number of anilines is 1. The fourth-order valence-electron chi connectivity index (χ4n) is 2.76. The van der Waals surface area contributed by atoms with Gasteiger partial charge in [0.15, 0.2) is 0 Å². The molecule has 18 heavy (non-hydrogen) atoms. The van der Waals surface area contributed by atoms with E-state index in [-0.39, 0.29) is 6.04 Å². The van der Waals surface area contributed by atoms with Gasteiger partial charge in [-0.1, -0.05) is 0 Å². The normalized spacial score (nSPS) is 30.3. The number of piperidine rings is 1. The maximum atomic E-state index is 13.9. The predicted octanol–water partition coefficient (Wildman–Crippen LogP) is 0.757. The summed E-state index contributed by atoms with van der Waals surface area (Å²) >= 11 is 0. The van der Waals surface area contributed by atoms with Gasteiger partial charge >= 0.3 is 0 Å². The number of ether oxygens (including phenoxy) is 1. The Morgan fingerprint density at radius 3 is 2.72 bits per heavy atom. The molecule has 0 radical (unpaired) electrons. The molecule has 1 aromatic rings. The number of likely N-dealkylation sites (tertiary alicyclic amines) is 1. The quantitative estimate of drug-likeness (QED) is 0.846. The van der Waals surface area contributed by atoms with E-state index in [1.165, 1.54) is 0 Å². The van der Waals surface area contributed by atoms with Crippen LogP contribution in [-0.4, -0.2) is 53.2 Å². The van der Waals surface area contributed by atoms with Crippen molar-refractivity contribution < 1.29 is 9.13 Å². The van der Waals surface area contributed by atoms with Gasteiger partial charge in [0.2, 0.25) is 0 Å². The van der Waals surface area contributed by atoms with Gasteiger partial charge in [0.05, 0.1) is 42.9 Å². The minimum absolute atomic E-state index is 0.0756. The molecule has 2 fully saturated rings. The summed E-state index contributed by atoms with van der Waals surface area (Å²) in [5.41, 5.74) is 7.41. The molecule has 6 heteroatoms. The Kier molecular flexibility index (Phi) is 2.99. The lowest BCUT2D eigenvalue weighted by Crippen LogP contribution is -2.55. The second kappa shape index (κ2) is 4.51. The van der Waals surface area contributed by atoms with Gasteiger partial charge in [-0.25, -0.2) is 4.39 Å². The smallest absolute Gasteiger partial charge is 0.115 e. The van der Waals surface area contributed by atoms with Gasteiger partial charge in [0.1, 0.15) is 6.17 Å². The van der Waals surface area contributed by atoms with Gasteiger partial charge in [-0.05, 0) is 6.92 Å². The highest BCUT2D eigenvalue weighted by Gasteiger charge is 2.35. The second-order valence-electron chi connectivity index (χ2n) is 5.26. The van der Waals surface area contributed by atoms with Crippen LogP contribution in [0.3, 0.4) is 0 Å². The summed E-state index contributed by atoms with van der Waals surface area (Å²) in [5.74, 6) is 0. The molecule has 3 rings (SSSR count). The number of nitrogens with two attached hydrogens (primary N) is 1. The molecule has 2 aliphatic rings. The monoisotopic (exact) mass is 254 g/mol. The van der Waals surface area contributed by atoms with Crippen LogP contribution in [0.4, 0.5) is 10.1 Å². The van der Waals surface area contributed by atoms with E-state index in [9.17, 15) is 4.39 Å². The minimum Gasteiger partial charge on any atom is -0.396 e. The summed E-state index contributed by atoms with van der Waals surface area (Å²) < 4.78 is 20.9. The Balaban J connectivity index is 1.77. The van der Waals surface area contributed by atoms with E-state index >= 15 is 0 Å². The van der Waals surface area contributed by atoms with Crippen LogP contribution in [0.5, 0.6) is 0 Å². The van der Waals surface area contributed by atoms with Crippen LogP contribution in [0.2, 0.25) is 0 Å². The van der Waals surface area contributed by atoms with E-state index in [0.717, 1.165) is 25.5 Å². The third kappa shape index (κ3) is 1.99. The Labute approximate surface area is 106 Å². The third-order valence-corrected chi connectivity index (χ3v) is 3.97. The topological polar surface area (TPSA) is 56.3 Å². The van der Waals surface area contributed by atoms with E-state index in [2.05, 4.69) is 10.00 Å². The number of halogens is 1. The third-order valence-electron chi connectivity index (χ3n) is 3.97. The summed E-state index contributed by atoms with van der Waals surface area (Å²) in [6, 6.07) is 0.450. The number of alkyl halides is 1. The molecule has 0 bridgehead atoms. The zero-order valence-corrected chi connectivity index (χ0v) is 10.6. The second-order valence-corrected chi connectivity index (χ2v) is 5.26. The highest BCUT2D eigenvalue weighted by Crippen LogP contribution is 2.28. The Bertz CT molecular complexity index is 432. The number of nitrogens with zero attached hydrogens (tertiary/aromatic N) is 3. The first-order valence-electron chi connectivity index (χ1n) is 6.40. The standard InChI is InChI=1S/C12H19FN4O/c1-8-12(14)3-15-17(8)10-2-9(13)4-16(5-10)11-6-18-7-11/h3,9-11H,2,4-7,14H2,1H3/t9-,10-/m0/s1. The van der Waals surface area contributed by atoms with Gasteiger partial charge in [-0.2, -0.15) is 5.10 Å². The van der Waals surface area contributed by atoms with Crippen LogP contribution in [0.25, 0.3) is 0 Å². The molecule has 0 aliphatic carbocycles. The van der Waals surface area contributed by atoms with Crippen molar-refractivity contribution in [1.82, 2.24) is 14.7 Å². The molecule has 3 heterocycles. The molecule has 0 unspecified atom stereocenters. The summed E-state index contributed by atoms with van der Waals surface area (Å²) in [7, 11) is 0. The lowest BCUT2D eigenvalue weighted by molar-refractivity contribution is -0.0856. The molecular weight excluding hydrogens is 235 g/mol. The van der Waals surface area contributed by atoms with Crippen LogP contribution < -0.4 is 5.73 Å². The first-order chi connectivity index (χ1) is 8.65. The number of rotatable bonds is 2. The van der Waals surface area contributed by atoms with Crippen molar-refractivity contribution in [3.8, 4) is 0 Å². The predicted molar refractivity (Wildman–Crippen MR) is 66.1 cm³/mol. The highest BCUT2D eigenvalue weighted by molar-refractivity contribution is 5.40. The average Bonchev–Trinajstić information content (AvgIpc) is 2.56. The molecule has 0 spiro atoms. The molecule has 2 atom stereocenters. The molecule has 5 nitrogen and oxygen atoms in total. The molecule has 100 valence electrons. The van der Waals surface area contributed by atoms with Gasteiger partial charge in [-0.3, -0.25) is 9.58 Å². The van der Waals surface area contributed by atoms with Gasteiger partial charge in [0.25, 0.3) is 0 Å². The highest BCUT2D eigenvalue weighted by atomic mass is 19.1. The molecule has 0 saturated carbocycles. The van der Waals surface area contributed by atoms with E-state index in [0.29, 0.717) is 24.7 Å². The number of hydrogen-bond donors (Lipinski definition) is 1. The summed E-state index contributed by atoms with van der Waals surface area (Å²) in [5, 5.41) is 4.28. The van der Waals surface area contributed by atoms with Gasteiger partial charge in [0, 0.05) is 19.5 Å². The van der Waals surface area contributed by atoms with Crippen LogP contribution in [-0.2, 0) is 4.74 Å². The van der Waals surface area contributed by atoms with Gasteiger partial charge in [-0.15, -0.1) is 0 Å². The van der Waals surface area contributed by atoms with Crippen molar-refractivity contribution >= 4 is 5.69 Å². The first kappa shape index (κ1) is 11.9. The van der Waals surface area contributed by atoms with E-state index in [1.54, 1.807) is 6.20 Å². The minimum atomic E-state index is -0.797. The Morgan fingerprint density at radius 2 is 2.17 bits per heavy atom. The van der Waals surface area contributed by atoms with Crippen molar-refractivity contribution in [3.05, 3.63) is 11.9 Å². The Hall–Kier alpha value is -1.14. The van der Waals surface area contributed by atoms with Crippen molar-refractivity contribution in [2.24, 2.45) is 0 Å². The molecule has 0 amide bonds. The SMILES string of the molecule is Cc1c(N)cnn1[C@H]1C[C@H](F)CN(C2COC2)C1.